The molecular formula is C20H21N5. The molecule has 4 heterocycles. The van der Waals surface area contributed by atoms with Gasteiger partial charge in [0.15, 0.2) is 0 Å². The number of nitrogens with one attached hydrogen (secondary N) is 1. The Bertz CT molecular complexity index is 863. The summed E-state index contributed by atoms with van der Waals surface area (Å²) >= 11 is 0. The van der Waals surface area contributed by atoms with Gasteiger partial charge >= 0.3 is 0 Å². The van der Waals surface area contributed by atoms with E-state index in [4.69, 9.17) is 0 Å². The van der Waals surface area contributed by atoms with Crippen LogP contribution in [0.1, 0.15) is 17.0 Å². The highest BCUT2D eigenvalue weighted by Crippen LogP contribution is 2.26. The van der Waals surface area contributed by atoms with Crippen molar-refractivity contribution in [3.63, 3.8) is 0 Å². The SMILES string of the molecule is Cc1cc(-c2cc3c(cn2)CN(Cc2ccccn2)CCN3)ccn1. The highest BCUT2D eigenvalue weighted by Gasteiger charge is 2.16. The molecule has 3 aromatic rings. The molecule has 0 aromatic carbocycles. The molecule has 25 heavy (non-hydrogen) atoms. The van der Waals surface area contributed by atoms with Gasteiger partial charge in [-0.25, -0.2) is 0 Å². The van der Waals surface area contributed by atoms with Crippen molar-refractivity contribution in [2.24, 2.45) is 0 Å². The minimum absolute atomic E-state index is 0.854. The second-order valence-corrected chi connectivity index (χ2v) is 6.37. The van der Waals surface area contributed by atoms with Crippen molar-refractivity contribution in [3.8, 4) is 11.3 Å². The van der Waals surface area contributed by atoms with Gasteiger partial charge in [-0.15, -0.1) is 0 Å². The van der Waals surface area contributed by atoms with Gasteiger partial charge < -0.3 is 5.32 Å². The molecule has 0 unspecified atom stereocenters. The van der Waals surface area contributed by atoms with Crippen LogP contribution in [-0.4, -0.2) is 32.9 Å². The smallest absolute Gasteiger partial charge is 0.0723 e. The predicted molar refractivity (Wildman–Crippen MR) is 99.0 cm³/mol. The van der Waals surface area contributed by atoms with Crippen molar-refractivity contribution in [2.45, 2.75) is 20.0 Å². The molecule has 0 spiro atoms. The number of hydrogen-bond donors (Lipinski definition) is 1. The number of aryl methyl sites for hydroxylation is 1. The number of fused-ring (bicyclic) bond motifs is 1. The maximum atomic E-state index is 4.68. The Morgan fingerprint density at radius 1 is 1.08 bits per heavy atom. The van der Waals surface area contributed by atoms with Gasteiger partial charge in [-0.2, -0.15) is 0 Å². The van der Waals surface area contributed by atoms with Crippen molar-refractivity contribution >= 4 is 5.69 Å². The van der Waals surface area contributed by atoms with Crippen LogP contribution in [0.2, 0.25) is 0 Å². The summed E-state index contributed by atoms with van der Waals surface area (Å²) in [4.78, 5) is 15.8. The number of hydrogen-bond acceptors (Lipinski definition) is 5. The number of nitrogens with zero attached hydrogens (tertiary/aromatic N) is 4. The molecule has 0 saturated carbocycles. The van der Waals surface area contributed by atoms with E-state index in [0.717, 1.165) is 48.8 Å². The summed E-state index contributed by atoms with van der Waals surface area (Å²) in [6, 6.07) is 12.3. The number of aromatic nitrogens is 3. The van der Waals surface area contributed by atoms with Crippen LogP contribution in [-0.2, 0) is 13.1 Å². The third kappa shape index (κ3) is 3.67. The van der Waals surface area contributed by atoms with Crippen LogP contribution < -0.4 is 5.32 Å². The summed E-state index contributed by atoms with van der Waals surface area (Å²) in [6.45, 7) is 5.63. The van der Waals surface area contributed by atoms with Gasteiger partial charge in [0.1, 0.15) is 0 Å². The monoisotopic (exact) mass is 331 g/mol. The second-order valence-electron chi connectivity index (χ2n) is 6.37. The van der Waals surface area contributed by atoms with Crippen LogP contribution in [0.3, 0.4) is 0 Å². The molecule has 4 rings (SSSR count). The molecule has 1 N–H and O–H groups in total. The third-order valence-corrected chi connectivity index (χ3v) is 4.43. The highest BCUT2D eigenvalue weighted by atomic mass is 15.2. The maximum absolute atomic E-state index is 4.68. The van der Waals surface area contributed by atoms with Crippen molar-refractivity contribution in [3.05, 3.63) is 71.9 Å². The minimum atomic E-state index is 0.854. The van der Waals surface area contributed by atoms with Crippen molar-refractivity contribution in [1.29, 1.82) is 0 Å². The Morgan fingerprint density at radius 3 is 2.88 bits per heavy atom. The van der Waals surface area contributed by atoms with E-state index in [0.29, 0.717) is 0 Å². The molecule has 0 bridgehead atoms. The van der Waals surface area contributed by atoms with E-state index in [1.165, 1.54) is 11.3 Å². The number of rotatable bonds is 3. The lowest BCUT2D eigenvalue weighted by atomic mass is 10.1. The van der Waals surface area contributed by atoms with E-state index in [1.54, 1.807) is 0 Å². The lowest BCUT2D eigenvalue weighted by Crippen LogP contribution is -2.25. The van der Waals surface area contributed by atoms with Gasteiger partial charge in [0.2, 0.25) is 0 Å². The average Bonchev–Trinajstić information content (AvgIpc) is 2.83. The van der Waals surface area contributed by atoms with Crippen LogP contribution in [0, 0.1) is 6.92 Å². The number of anilines is 1. The predicted octanol–water partition coefficient (Wildman–Crippen LogP) is 3.27. The topological polar surface area (TPSA) is 53.9 Å². The summed E-state index contributed by atoms with van der Waals surface area (Å²) < 4.78 is 0. The lowest BCUT2D eigenvalue weighted by Gasteiger charge is -2.19. The summed E-state index contributed by atoms with van der Waals surface area (Å²) in [5.41, 5.74) is 6.58. The Labute approximate surface area is 147 Å². The second kappa shape index (κ2) is 6.99. The molecule has 3 aromatic heterocycles. The first-order valence-electron chi connectivity index (χ1n) is 8.56. The van der Waals surface area contributed by atoms with Crippen molar-refractivity contribution in [1.82, 2.24) is 19.9 Å². The van der Waals surface area contributed by atoms with Gasteiger partial charge in [-0.3, -0.25) is 19.9 Å². The lowest BCUT2D eigenvalue weighted by molar-refractivity contribution is 0.268. The third-order valence-electron chi connectivity index (χ3n) is 4.43. The van der Waals surface area contributed by atoms with Gasteiger partial charge in [-0.1, -0.05) is 6.07 Å². The van der Waals surface area contributed by atoms with E-state index < -0.39 is 0 Å². The van der Waals surface area contributed by atoms with E-state index >= 15 is 0 Å². The molecule has 126 valence electrons. The fourth-order valence-electron chi connectivity index (χ4n) is 3.16. The van der Waals surface area contributed by atoms with Crippen LogP contribution in [0.5, 0.6) is 0 Å². The van der Waals surface area contributed by atoms with Gasteiger partial charge in [0, 0.05) is 67.3 Å². The fraction of sp³-hybridized carbons (Fsp3) is 0.250. The van der Waals surface area contributed by atoms with Gasteiger partial charge in [0.05, 0.1) is 11.4 Å². The van der Waals surface area contributed by atoms with Crippen molar-refractivity contribution < 1.29 is 0 Å². The first-order valence-corrected chi connectivity index (χ1v) is 8.56. The van der Waals surface area contributed by atoms with Crippen LogP contribution in [0.25, 0.3) is 11.3 Å². The Morgan fingerprint density at radius 2 is 2.04 bits per heavy atom. The first-order chi connectivity index (χ1) is 12.3. The van der Waals surface area contributed by atoms with Crippen molar-refractivity contribution in [2.75, 3.05) is 18.4 Å². The average molecular weight is 331 g/mol. The highest BCUT2D eigenvalue weighted by molar-refractivity contribution is 5.66. The summed E-state index contributed by atoms with van der Waals surface area (Å²) in [5, 5.41) is 3.55. The largest absolute Gasteiger partial charge is 0.383 e. The molecule has 1 aliphatic rings. The summed E-state index contributed by atoms with van der Waals surface area (Å²) in [6.07, 6.45) is 5.67. The molecule has 0 fully saturated rings. The Hall–Kier alpha value is -2.79. The molecule has 0 atom stereocenters. The van der Waals surface area contributed by atoms with E-state index in [-0.39, 0.29) is 0 Å². The zero-order valence-electron chi connectivity index (χ0n) is 14.3. The van der Waals surface area contributed by atoms with E-state index in [9.17, 15) is 0 Å². The Kier molecular flexibility index (Phi) is 4.39. The first kappa shape index (κ1) is 15.7. The molecule has 0 saturated heterocycles. The molecule has 0 aliphatic carbocycles. The van der Waals surface area contributed by atoms with Crippen LogP contribution in [0.15, 0.2) is 55.0 Å². The minimum Gasteiger partial charge on any atom is -0.383 e. The molecule has 5 nitrogen and oxygen atoms in total. The molecule has 0 amide bonds. The standard InChI is InChI=1S/C20H21N5/c1-15-10-16(5-7-21-15)19-11-20-17(12-24-19)13-25(9-8-23-20)14-18-4-2-3-6-22-18/h2-7,10-12,23H,8-9,13-14H2,1H3. The van der Waals surface area contributed by atoms with Gasteiger partial charge in [-0.05, 0) is 37.3 Å². The normalized spacial score (nSPS) is 14.4. The summed E-state index contributed by atoms with van der Waals surface area (Å²) in [7, 11) is 0. The molecule has 5 heteroatoms. The van der Waals surface area contributed by atoms with E-state index in [1.807, 2.05) is 43.7 Å². The van der Waals surface area contributed by atoms with Gasteiger partial charge in [0.25, 0.3) is 0 Å². The molecular weight excluding hydrogens is 310 g/mol. The zero-order valence-corrected chi connectivity index (χ0v) is 14.3. The Balaban J connectivity index is 1.56. The molecule has 1 aliphatic heterocycles. The van der Waals surface area contributed by atoms with Crippen LogP contribution >= 0.6 is 0 Å². The van der Waals surface area contributed by atoms with Crippen LogP contribution in [0.4, 0.5) is 5.69 Å². The summed E-state index contributed by atoms with van der Waals surface area (Å²) in [5.74, 6) is 0. The number of pyridine rings is 3. The zero-order chi connectivity index (χ0) is 17.1. The quantitative estimate of drug-likeness (QED) is 0.798. The fourth-order valence-corrected chi connectivity index (χ4v) is 3.16. The maximum Gasteiger partial charge on any atom is 0.0723 e. The molecule has 0 radical (unpaired) electrons. The van der Waals surface area contributed by atoms with E-state index in [2.05, 4.69) is 43.4 Å².